The normalized spacial score (nSPS) is 18.4. The number of anilines is 1. The van der Waals surface area contributed by atoms with Crippen LogP contribution in [0, 0.1) is 0 Å². The van der Waals surface area contributed by atoms with E-state index in [1.807, 2.05) is 24.3 Å². The van der Waals surface area contributed by atoms with E-state index in [1.54, 1.807) is 17.2 Å². The lowest BCUT2D eigenvalue weighted by Gasteiger charge is -2.37. The van der Waals surface area contributed by atoms with E-state index in [4.69, 9.17) is 11.5 Å². The lowest BCUT2D eigenvalue weighted by Crippen LogP contribution is -2.60. The van der Waals surface area contributed by atoms with Crippen LogP contribution in [0.25, 0.3) is 5.69 Å². The first-order valence-electron chi connectivity index (χ1n) is 12.6. The van der Waals surface area contributed by atoms with Gasteiger partial charge in [-0.25, -0.2) is 9.59 Å². The number of piperidine rings is 1. The molecule has 12 nitrogen and oxygen atoms in total. The van der Waals surface area contributed by atoms with E-state index >= 15 is 0 Å². The molecule has 0 aliphatic carbocycles. The molecule has 2 fully saturated rings. The molecule has 0 radical (unpaired) electrons. The minimum Gasteiger partial charge on any atom is -0.394 e. The van der Waals surface area contributed by atoms with E-state index in [0.717, 1.165) is 32.5 Å². The van der Waals surface area contributed by atoms with Gasteiger partial charge in [-0.05, 0) is 56.6 Å². The Balaban J connectivity index is 0.00000400. The third-order valence-corrected chi connectivity index (χ3v) is 6.96. The molecule has 1 aromatic heterocycles. The minimum atomic E-state index is -1.35. The van der Waals surface area contributed by atoms with Crippen LogP contribution in [0.5, 0.6) is 0 Å². The minimum absolute atomic E-state index is 0. The molecule has 1 aromatic carbocycles. The van der Waals surface area contributed by atoms with Gasteiger partial charge in [-0.3, -0.25) is 19.6 Å². The van der Waals surface area contributed by atoms with E-state index in [0.29, 0.717) is 37.9 Å². The number of likely N-dealkylation sites (tertiary alicyclic amines) is 1. The van der Waals surface area contributed by atoms with Crippen molar-refractivity contribution in [2.45, 2.75) is 37.9 Å². The molecule has 1 atom stereocenters. The number of carbonyl (C=O) groups excluding carboxylic acids is 2. The van der Waals surface area contributed by atoms with Gasteiger partial charge in [-0.1, -0.05) is 12.1 Å². The van der Waals surface area contributed by atoms with E-state index < -0.39 is 23.9 Å². The maximum atomic E-state index is 12.7. The summed E-state index contributed by atoms with van der Waals surface area (Å²) in [5.41, 5.74) is 11.8. The van der Waals surface area contributed by atoms with Crippen molar-refractivity contribution in [1.29, 1.82) is 0 Å². The van der Waals surface area contributed by atoms with E-state index in [9.17, 15) is 19.5 Å². The van der Waals surface area contributed by atoms with Gasteiger partial charge in [-0.15, -0.1) is 12.4 Å². The van der Waals surface area contributed by atoms with Crippen molar-refractivity contribution >= 4 is 30.2 Å². The number of urea groups is 1. The molecule has 0 saturated carbocycles. The first kappa shape index (κ1) is 29.5. The van der Waals surface area contributed by atoms with Crippen molar-refractivity contribution in [3.63, 3.8) is 0 Å². The predicted molar refractivity (Wildman–Crippen MR) is 146 cm³/mol. The number of aliphatic hydroxyl groups is 1. The lowest BCUT2D eigenvalue weighted by molar-refractivity contribution is -0.139. The molecule has 0 bridgehead atoms. The number of hydrogen-bond acceptors (Lipinski definition) is 8. The predicted octanol–water partition coefficient (Wildman–Crippen LogP) is -0.0368. The van der Waals surface area contributed by atoms with Crippen LogP contribution in [0.1, 0.15) is 25.3 Å². The number of nitrogens with two attached hydrogens (primary N) is 2. The van der Waals surface area contributed by atoms with Gasteiger partial charge in [0.2, 0.25) is 5.91 Å². The fraction of sp³-hybridized carbons (Fsp3) is 0.520. The molecule has 6 N–H and O–H groups in total. The van der Waals surface area contributed by atoms with Crippen LogP contribution in [0.15, 0.2) is 41.3 Å². The highest BCUT2D eigenvalue weighted by Gasteiger charge is 2.34. The fourth-order valence-electron chi connectivity index (χ4n) is 4.53. The number of nitrogens with one attached hydrogen (secondary N) is 1. The topological polar surface area (TPSA) is 163 Å². The van der Waals surface area contributed by atoms with Gasteiger partial charge in [0, 0.05) is 45.0 Å². The van der Waals surface area contributed by atoms with Crippen molar-refractivity contribution in [1.82, 2.24) is 24.3 Å². The number of hydrogen-bond donors (Lipinski definition) is 4. The van der Waals surface area contributed by atoms with Gasteiger partial charge in [0.15, 0.2) is 0 Å². The highest BCUT2D eigenvalue weighted by atomic mass is 35.5. The van der Waals surface area contributed by atoms with Gasteiger partial charge in [0.25, 0.3) is 0 Å². The Morgan fingerprint density at radius 3 is 2.24 bits per heavy atom. The van der Waals surface area contributed by atoms with Crippen molar-refractivity contribution < 1.29 is 14.7 Å². The molecule has 2 aliphatic heterocycles. The number of amides is 3. The number of nitrogens with zero attached hydrogens (tertiary/aromatic N) is 5. The summed E-state index contributed by atoms with van der Waals surface area (Å²) < 4.78 is 1.43. The Labute approximate surface area is 228 Å². The molecule has 2 aliphatic rings. The molecule has 2 saturated heterocycles. The summed E-state index contributed by atoms with van der Waals surface area (Å²) in [6.45, 7) is 5.05. The average molecular weight is 549 g/mol. The SMILES string of the molecule is CC(N)(CO)C(=O)N1CCN(C(=O)Nc2ccn(-c3ccc(CN4CCC(N)CC4)cc3)c(=O)n2)CC1.Cl. The smallest absolute Gasteiger partial charge is 0.354 e. The van der Waals surface area contributed by atoms with Crippen LogP contribution >= 0.6 is 12.4 Å². The Bertz CT molecular complexity index is 1160. The molecule has 38 heavy (non-hydrogen) atoms. The van der Waals surface area contributed by atoms with Crippen molar-refractivity contribution in [2.75, 3.05) is 51.2 Å². The van der Waals surface area contributed by atoms with Crippen LogP contribution in [-0.4, -0.2) is 98.8 Å². The lowest BCUT2D eigenvalue weighted by atomic mass is 10.0. The first-order chi connectivity index (χ1) is 17.7. The summed E-state index contributed by atoms with van der Waals surface area (Å²) in [5, 5.41) is 12.0. The van der Waals surface area contributed by atoms with Crippen molar-refractivity contribution in [3.8, 4) is 5.69 Å². The molecule has 13 heteroatoms. The van der Waals surface area contributed by atoms with E-state index in [-0.39, 0.29) is 24.1 Å². The maximum absolute atomic E-state index is 12.7. The van der Waals surface area contributed by atoms with Crippen LogP contribution < -0.4 is 22.5 Å². The van der Waals surface area contributed by atoms with Gasteiger partial charge < -0.3 is 26.4 Å². The Morgan fingerprint density at radius 1 is 1.05 bits per heavy atom. The molecule has 3 heterocycles. The van der Waals surface area contributed by atoms with E-state index in [2.05, 4.69) is 15.2 Å². The molecule has 1 unspecified atom stereocenters. The summed E-state index contributed by atoms with van der Waals surface area (Å²) in [6.07, 6.45) is 3.60. The summed E-state index contributed by atoms with van der Waals surface area (Å²) in [4.78, 5) is 47.2. The number of rotatable bonds is 6. The molecular formula is C25H37ClN8O4. The molecule has 2 aromatic rings. The Kier molecular flexibility index (Phi) is 9.85. The Hall–Kier alpha value is -3.03. The Morgan fingerprint density at radius 2 is 1.66 bits per heavy atom. The largest absolute Gasteiger partial charge is 0.394 e. The zero-order valence-corrected chi connectivity index (χ0v) is 22.4. The summed E-state index contributed by atoms with van der Waals surface area (Å²) >= 11 is 0. The highest BCUT2D eigenvalue weighted by Crippen LogP contribution is 2.15. The monoisotopic (exact) mass is 548 g/mol. The molecule has 4 rings (SSSR count). The van der Waals surface area contributed by atoms with Crippen molar-refractivity contribution in [2.24, 2.45) is 11.5 Å². The molecular weight excluding hydrogens is 512 g/mol. The number of carbonyl (C=O) groups is 2. The number of benzene rings is 1. The maximum Gasteiger partial charge on any atom is 0.354 e. The molecule has 0 spiro atoms. The summed E-state index contributed by atoms with van der Waals surface area (Å²) in [6, 6.07) is 9.25. The fourth-order valence-corrected chi connectivity index (χ4v) is 4.53. The average Bonchev–Trinajstić information content (AvgIpc) is 2.90. The molecule has 3 amide bonds. The van der Waals surface area contributed by atoms with Crippen LogP contribution in [0.2, 0.25) is 0 Å². The first-order valence-corrected chi connectivity index (χ1v) is 12.6. The van der Waals surface area contributed by atoms with Gasteiger partial charge in [-0.2, -0.15) is 4.98 Å². The third kappa shape index (κ3) is 7.08. The standard InChI is InChI=1S/C25H36N8O4.ClH/c1-25(27,17-34)22(35)31-12-14-32(15-13-31)23(36)28-21-8-11-33(24(37)29-21)20-4-2-18(3-5-20)16-30-9-6-19(26)7-10-30;/h2-5,8,11,19,34H,6-7,9-10,12-17,26-27H2,1H3,(H,28,29,36,37);1H. The number of halogens is 1. The van der Waals surface area contributed by atoms with E-state index in [1.165, 1.54) is 22.0 Å². The third-order valence-electron chi connectivity index (χ3n) is 6.96. The number of aliphatic hydroxyl groups excluding tert-OH is 1. The van der Waals surface area contributed by atoms with Crippen molar-refractivity contribution in [3.05, 3.63) is 52.6 Å². The second-order valence-corrected chi connectivity index (χ2v) is 10.0. The van der Waals surface area contributed by atoms with Gasteiger partial charge >= 0.3 is 11.7 Å². The second kappa shape index (κ2) is 12.7. The summed E-state index contributed by atoms with van der Waals surface area (Å²) in [7, 11) is 0. The zero-order valence-electron chi connectivity index (χ0n) is 21.6. The molecule has 208 valence electrons. The van der Waals surface area contributed by atoms with Crippen LogP contribution in [-0.2, 0) is 11.3 Å². The highest BCUT2D eigenvalue weighted by molar-refractivity contribution is 5.89. The quantitative estimate of drug-likeness (QED) is 0.391. The van der Waals surface area contributed by atoms with Crippen LogP contribution in [0.4, 0.5) is 10.6 Å². The van der Waals surface area contributed by atoms with Gasteiger partial charge in [0.05, 0.1) is 12.3 Å². The van der Waals surface area contributed by atoms with Crippen LogP contribution in [0.3, 0.4) is 0 Å². The number of piperazine rings is 1. The second-order valence-electron chi connectivity index (χ2n) is 10.0. The van der Waals surface area contributed by atoms with Gasteiger partial charge in [0.1, 0.15) is 11.4 Å². The summed E-state index contributed by atoms with van der Waals surface area (Å²) in [5.74, 6) is -0.205. The number of aromatic nitrogens is 2. The zero-order chi connectivity index (χ0) is 26.6.